The van der Waals surface area contributed by atoms with Gasteiger partial charge in [-0.3, -0.25) is 4.79 Å². The molecule has 0 aliphatic carbocycles. The molecule has 1 aromatic heterocycles. The van der Waals surface area contributed by atoms with Gasteiger partial charge in [0.15, 0.2) is 0 Å². The van der Waals surface area contributed by atoms with Gasteiger partial charge < -0.3 is 15.7 Å². The second-order valence-electron chi connectivity index (χ2n) is 5.34. The lowest BCUT2D eigenvalue weighted by molar-refractivity contribution is -0.138. The fraction of sp³-hybridized carbons (Fsp3) is 0.250. The van der Waals surface area contributed by atoms with E-state index >= 15 is 0 Å². The molecule has 10 heteroatoms. The van der Waals surface area contributed by atoms with E-state index in [0.717, 1.165) is 17.4 Å². The number of rotatable bonds is 6. The highest BCUT2D eigenvalue weighted by atomic mass is 79.9. The number of carboxylic acid groups (broad SMARTS) is 1. The van der Waals surface area contributed by atoms with Crippen molar-refractivity contribution in [3.63, 3.8) is 0 Å². The van der Waals surface area contributed by atoms with E-state index < -0.39 is 29.8 Å². The molecule has 0 saturated heterocycles. The first-order chi connectivity index (χ1) is 12.2. The molecule has 1 aromatic carbocycles. The maximum absolute atomic E-state index is 13.1. The Labute approximate surface area is 159 Å². The Morgan fingerprint density at radius 3 is 2.54 bits per heavy atom. The van der Waals surface area contributed by atoms with Crippen LogP contribution in [0.1, 0.15) is 20.8 Å². The van der Waals surface area contributed by atoms with E-state index in [1.165, 1.54) is 18.2 Å². The van der Waals surface area contributed by atoms with Crippen molar-refractivity contribution in [2.75, 3.05) is 6.54 Å². The molecular formula is C16H14BrF3N2O3S. The molecule has 0 aliphatic rings. The SMILES string of the molecule is O=C(O)NC[C@H](Cc1ccccc1C(F)(F)F)NC(=O)c1cc(Br)cs1. The first-order valence-electron chi connectivity index (χ1n) is 7.33. The third-order valence-electron chi connectivity index (χ3n) is 3.42. The molecule has 0 spiro atoms. The summed E-state index contributed by atoms with van der Waals surface area (Å²) in [4.78, 5) is 23.4. The Kier molecular flexibility index (Phi) is 6.65. The van der Waals surface area contributed by atoms with Gasteiger partial charge in [0.05, 0.1) is 16.5 Å². The molecule has 1 atom stereocenters. The predicted molar refractivity (Wildman–Crippen MR) is 94.4 cm³/mol. The first-order valence-corrected chi connectivity index (χ1v) is 9.01. The summed E-state index contributed by atoms with van der Waals surface area (Å²) in [6, 6.07) is 5.73. The van der Waals surface area contributed by atoms with E-state index in [1.807, 2.05) is 0 Å². The molecule has 2 rings (SSSR count). The highest BCUT2D eigenvalue weighted by molar-refractivity contribution is 9.10. The second-order valence-corrected chi connectivity index (χ2v) is 7.17. The van der Waals surface area contributed by atoms with Crippen molar-refractivity contribution in [2.45, 2.75) is 18.6 Å². The van der Waals surface area contributed by atoms with Crippen LogP contribution in [0, 0.1) is 0 Å². The van der Waals surface area contributed by atoms with Crippen LogP contribution in [0.5, 0.6) is 0 Å². The number of benzene rings is 1. The lowest BCUT2D eigenvalue weighted by Crippen LogP contribution is -2.44. The molecule has 1 heterocycles. The fourth-order valence-corrected chi connectivity index (χ4v) is 3.64. The quantitative estimate of drug-likeness (QED) is 0.618. The van der Waals surface area contributed by atoms with Crippen LogP contribution in [0.25, 0.3) is 0 Å². The number of thiophene rings is 1. The summed E-state index contributed by atoms with van der Waals surface area (Å²) in [6.45, 7) is -0.222. The van der Waals surface area contributed by atoms with Gasteiger partial charge in [-0.05, 0) is 40.0 Å². The van der Waals surface area contributed by atoms with Gasteiger partial charge >= 0.3 is 12.3 Å². The molecule has 0 fully saturated rings. The smallest absolute Gasteiger partial charge is 0.416 e. The summed E-state index contributed by atoms with van der Waals surface area (Å²) < 4.78 is 40.1. The van der Waals surface area contributed by atoms with Crippen molar-refractivity contribution in [2.24, 2.45) is 0 Å². The topological polar surface area (TPSA) is 78.4 Å². The molecule has 5 nitrogen and oxygen atoms in total. The van der Waals surface area contributed by atoms with E-state index in [1.54, 1.807) is 11.4 Å². The maximum Gasteiger partial charge on any atom is 0.416 e. The minimum absolute atomic E-state index is 0.0233. The Bertz CT molecular complexity index is 795. The van der Waals surface area contributed by atoms with Crippen LogP contribution in [0.2, 0.25) is 0 Å². The molecule has 26 heavy (non-hydrogen) atoms. The van der Waals surface area contributed by atoms with Gasteiger partial charge in [0.25, 0.3) is 5.91 Å². The van der Waals surface area contributed by atoms with Gasteiger partial charge in [0.1, 0.15) is 0 Å². The highest BCUT2D eigenvalue weighted by Gasteiger charge is 2.33. The summed E-state index contributed by atoms with van der Waals surface area (Å²) in [5.41, 5.74) is -0.835. The minimum atomic E-state index is -4.54. The largest absolute Gasteiger partial charge is 0.465 e. The molecule has 2 aromatic rings. The third-order valence-corrected chi connectivity index (χ3v) is 5.11. The number of carbonyl (C=O) groups excluding carboxylic acids is 1. The number of amides is 2. The van der Waals surface area contributed by atoms with Crippen LogP contribution in [-0.4, -0.2) is 29.7 Å². The van der Waals surface area contributed by atoms with Crippen molar-refractivity contribution >= 4 is 39.3 Å². The molecular weight excluding hydrogens is 437 g/mol. The van der Waals surface area contributed by atoms with Crippen molar-refractivity contribution < 1.29 is 27.9 Å². The molecule has 140 valence electrons. The highest BCUT2D eigenvalue weighted by Crippen LogP contribution is 2.32. The number of halogens is 4. The van der Waals surface area contributed by atoms with Crippen LogP contribution >= 0.6 is 27.3 Å². The monoisotopic (exact) mass is 450 g/mol. The van der Waals surface area contributed by atoms with Crippen LogP contribution in [0.15, 0.2) is 40.2 Å². The van der Waals surface area contributed by atoms with Crippen LogP contribution in [-0.2, 0) is 12.6 Å². The van der Waals surface area contributed by atoms with Crippen LogP contribution in [0.4, 0.5) is 18.0 Å². The number of alkyl halides is 3. The number of hydrogen-bond donors (Lipinski definition) is 3. The predicted octanol–water partition coefficient (Wildman–Crippen LogP) is 4.14. The van der Waals surface area contributed by atoms with Gasteiger partial charge in [-0.2, -0.15) is 13.2 Å². The van der Waals surface area contributed by atoms with E-state index in [9.17, 15) is 22.8 Å². The molecule has 0 radical (unpaired) electrons. The van der Waals surface area contributed by atoms with E-state index in [4.69, 9.17) is 5.11 Å². The van der Waals surface area contributed by atoms with Gasteiger partial charge in [-0.25, -0.2) is 4.79 Å². The number of nitrogens with one attached hydrogen (secondary N) is 2. The Balaban J connectivity index is 2.20. The van der Waals surface area contributed by atoms with Gasteiger partial charge in [-0.15, -0.1) is 11.3 Å². The summed E-state index contributed by atoms with van der Waals surface area (Å²) in [5, 5.41) is 15.1. The molecule has 3 N–H and O–H groups in total. The van der Waals surface area contributed by atoms with E-state index in [-0.39, 0.29) is 18.5 Å². The first kappa shape index (κ1) is 20.2. The van der Waals surface area contributed by atoms with Crippen molar-refractivity contribution in [1.29, 1.82) is 0 Å². The van der Waals surface area contributed by atoms with E-state index in [0.29, 0.717) is 9.35 Å². The molecule has 0 aliphatic heterocycles. The van der Waals surface area contributed by atoms with Crippen LogP contribution in [0.3, 0.4) is 0 Å². The average Bonchev–Trinajstić information content (AvgIpc) is 2.98. The lowest BCUT2D eigenvalue weighted by Gasteiger charge is -2.21. The zero-order chi connectivity index (χ0) is 19.3. The Morgan fingerprint density at radius 2 is 1.96 bits per heavy atom. The summed E-state index contributed by atoms with van der Waals surface area (Å²) in [6.07, 6.45) is -6.04. The summed E-state index contributed by atoms with van der Waals surface area (Å²) in [5.74, 6) is -0.484. The molecule has 0 bridgehead atoms. The molecule has 0 unspecified atom stereocenters. The zero-order valence-corrected chi connectivity index (χ0v) is 15.5. The molecule has 2 amide bonds. The van der Waals surface area contributed by atoms with Crippen molar-refractivity contribution in [3.8, 4) is 0 Å². The number of hydrogen-bond acceptors (Lipinski definition) is 3. The molecule has 0 saturated carbocycles. The summed E-state index contributed by atoms with van der Waals surface area (Å²) >= 11 is 4.38. The standard InChI is InChI=1S/C16H14BrF3N2O3S/c17-10-6-13(26-8-10)14(23)22-11(7-21-15(24)25)5-9-3-1-2-4-12(9)16(18,19)20/h1-4,6,8,11,21H,5,7H2,(H,22,23)(H,24,25)/t11-/m0/s1. The average molecular weight is 451 g/mol. The fourth-order valence-electron chi connectivity index (χ4n) is 2.31. The number of carbonyl (C=O) groups is 2. The Hall–Kier alpha value is -2.07. The van der Waals surface area contributed by atoms with E-state index in [2.05, 4.69) is 26.6 Å². The third kappa shape index (κ3) is 5.73. The van der Waals surface area contributed by atoms with Crippen molar-refractivity contribution in [3.05, 3.63) is 56.2 Å². The minimum Gasteiger partial charge on any atom is -0.465 e. The lowest BCUT2D eigenvalue weighted by atomic mass is 9.99. The van der Waals surface area contributed by atoms with Crippen LogP contribution < -0.4 is 10.6 Å². The maximum atomic E-state index is 13.1. The second kappa shape index (κ2) is 8.54. The van der Waals surface area contributed by atoms with Crippen molar-refractivity contribution in [1.82, 2.24) is 10.6 Å². The van der Waals surface area contributed by atoms with Gasteiger partial charge in [0, 0.05) is 16.4 Å². The zero-order valence-electron chi connectivity index (χ0n) is 13.1. The normalized spacial score (nSPS) is 12.5. The van der Waals surface area contributed by atoms with Gasteiger partial charge in [-0.1, -0.05) is 18.2 Å². The van der Waals surface area contributed by atoms with Gasteiger partial charge in [0.2, 0.25) is 0 Å². The Morgan fingerprint density at radius 1 is 1.27 bits per heavy atom. The summed E-state index contributed by atoms with van der Waals surface area (Å²) in [7, 11) is 0.